The predicted molar refractivity (Wildman–Crippen MR) is 36.4 cm³/mol. The van der Waals surface area contributed by atoms with Crippen molar-refractivity contribution >= 4 is 0 Å². The third kappa shape index (κ3) is 1.94. The maximum atomic E-state index is 9.14. The van der Waals surface area contributed by atoms with Gasteiger partial charge in [0.15, 0.2) is 6.29 Å². The molecule has 0 spiro atoms. The number of ether oxygens (including phenoxy) is 1. The van der Waals surface area contributed by atoms with Gasteiger partial charge < -0.3 is 14.9 Å². The molecule has 1 fully saturated rings. The van der Waals surface area contributed by atoms with E-state index in [2.05, 4.69) is 0 Å². The van der Waals surface area contributed by atoms with Gasteiger partial charge in [0.05, 0.1) is 12.2 Å². The van der Waals surface area contributed by atoms with Crippen molar-refractivity contribution in [1.29, 1.82) is 0 Å². The summed E-state index contributed by atoms with van der Waals surface area (Å²) in [5, 5.41) is 18.1. The molecule has 60 valence electrons. The number of rotatable bonds is 1. The predicted octanol–water partition coefficient (Wildman–Crippen LogP) is 0.255. The van der Waals surface area contributed by atoms with Crippen LogP contribution in [0.1, 0.15) is 26.2 Å². The van der Waals surface area contributed by atoms with Gasteiger partial charge in [0.1, 0.15) is 0 Å². The van der Waals surface area contributed by atoms with Gasteiger partial charge in [-0.3, -0.25) is 0 Å². The van der Waals surface area contributed by atoms with Crippen molar-refractivity contribution in [3.63, 3.8) is 0 Å². The molecule has 3 nitrogen and oxygen atoms in total. The molecule has 10 heavy (non-hydrogen) atoms. The molecule has 0 aromatic carbocycles. The molecule has 1 rings (SSSR count). The van der Waals surface area contributed by atoms with E-state index in [1.54, 1.807) is 0 Å². The number of aliphatic hydroxyl groups excluding tert-OH is 2. The Morgan fingerprint density at radius 2 is 2.10 bits per heavy atom. The van der Waals surface area contributed by atoms with Gasteiger partial charge in [-0.15, -0.1) is 0 Å². The Morgan fingerprint density at radius 3 is 2.60 bits per heavy atom. The minimum absolute atomic E-state index is 0.0405. The van der Waals surface area contributed by atoms with Crippen LogP contribution in [-0.4, -0.2) is 28.7 Å². The first-order valence-electron chi connectivity index (χ1n) is 3.74. The van der Waals surface area contributed by atoms with E-state index in [-0.39, 0.29) is 12.2 Å². The lowest BCUT2D eigenvalue weighted by atomic mass is 10.0. The summed E-state index contributed by atoms with van der Waals surface area (Å²) in [4.78, 5) is 0. The summed E-state index contributed by atoms with van der Waals surface area (Å²) < 4.78 is 5.10. The Bertz CT molecular complexity index is 95.0. The van der Waals surface area contributed by atoms with E-state index in [1.807, 2.05) is 6.92 Å². The fraction of sp³-hybridized carbons (Fsp3) is 1.00. The van der Waals surface area contributed by atoms with Gasteiger partial charge in [-0.05, 0) is 12.8 Å². The highest BCUT2D eigenvalue weighted by atomic mass is 16.6. The number of aliphatic hydroxyl groups is 2. The molecule has 0 radical (unpaired) electrons. The van der Waals surface area contributed by atoms with E-state index in [0.29, 0.717) is 12.8 Å². The molecule has 1 unspecified atom stereocenters. The first kappa shape index (κ1) is 7.98. The zero-order chi connectivity index (χ0) is 7.56. The lowest BCUT2D eigenvalue weighted by molar-refractivity contribution is -0.189. The Hall–Kier alpha value is -0.120. The third-order valence-corrected chi connectivity index (χ3v) is 1.81. The summed E-state index contributed by atoms with van der Waals surface area (Å²) in [5.41, 5.74) is 0. The molecular formula is C7H14O3. The first-order chi connectivity index (χ1) is 4.72. The zero-order valence-electron chi connectivity index (χ0n) is 6.16. The Morgan fingerprint density at radius 1 is 1.40 bits per heavy atom. The van der Waals surface area contributed by atoms with Crippen molar-refractivity contribution in [2.24, 2.45) is 0 Å². The van der Waals surface area contributed by atoms with E-state index in [0.717, 1.165) is 6.42 Å². The van der Waals surface area contributed by atoms with Gasteiger partial charge in [0.25, 0.3) is 0 Å². The van der Waals surface area contributed by atoms with E-state index >= 15 is 0 Å². The summed E-state index contributed by atoms with van der Waals surface area (Å²) in [6.07, 6.45) is 0.777. The zero-order valence-corrected chi connectivity index (χ0v) is 6.16. The van der Waals surface area contributed by atoms with Crippen LogP contribution in [0.4, 0.5) is 0 Å². The third-order valence-electron chi connectivity index (χ3n) is 1.81. The summed E-state index contributed by atoms with van der Waals surface area (Å²) in [7, 11) is 0. The van der Waals surface area contributed by atoms with Gasteiger partial charge in [-0.2, -0.15) is 0 Å². The van der Waals surface area contributed by atoms with Crippen LogP contribution in [0.3, 0.4) is 0 Å². The molecule has 0 aliphatic carbocycles. The number of hydrogen-bond donors (Lipinski definition) is 2. The van der Waals surface area contributed by atoms with E-state index in [9.17, 15) is 0 Å². The summed E-state index contributed by atoms with van der Waals surface area (Å²) in [6, 6.07) is 0. The second-order valence-corrected chi connectivity index (χ2v) is 2.75. The van der Waals surface area contributed by atoms with Crippen molar-refractivity contribution in [3.05, 3.63) is 0 Å². The van der Waals surface area contributed by atoms with E-state index in [4.69, 9.17) is 14.9 Å². The van der Waals surface area contributed by atoms with Crippen LogP contribution < -0.4 is 0 Å². The standard InChI is InChI=1S/C7H14O3/c1-2-6-3-5(8)4-7(9)10-6/h5-9H,2-4H2,1H3/t5-,6-,7?/m1/s1. The van der Waals surface area contributed by atoms with Crippen molar-refractivity contribution in [1.82, 2.24) is 0 Å². The maximum Gasteiger partial charge on any atom is 0.157 e. The van der Waals surface area contributed by atoms with Gasteiger partial charge in [-0.1, -0.05) is 6.92 Å². The Balaban J connectivity index is 2.35. The summed E-state index contributed by atoms with van der Waals surface area (Å²) >= 11 is 0. The molecular weight excluding hydrogens is 132 g/mol. The van der Waals surface area contributed by atoms with Crippen LogP contribution in [0.15, 0.2) is 0 Å². The molecule has 0 aromatic rings. The van der Waals surface area contributed by atoms with Crippen LogP contribution >= 0.6 is 0 Å². The fourth-order valence-corrected chi connectivity index (χ4v) is 1.23. The fourth-order valence-electron chi connectivity index (χ4n) is 1.23. The van der Waals surface area contributed by atoms with Crippen molar-refractivity contribution in [2.45, 2.75) is 44.7 Å². The SMILES string of the molecule is CC[C@@H]1C[C@@H](O)CC(O)O1. The van der Waals surface area contributed by atoms with Crippen LogP contribution in [0.5, 0.6) is 0 Å². The van der Waals surface area contributed by atoms with E-state index < -0.39 is 6.29 Å². The first-order valence-corrected chi connectivity index (χ1v) is 3.74. The number of hydrogen-bond acceptors (Lipinski definition) is 3. The molecule has 1 aliphatic heterocycles. The Kier molecular flexibility index (Phi) is 2.65. The molecule has 1 aliphatic rings. The van der Waals surface area contributed by atoms with Crippen LogP contribution in [0.2, 0.25) is 0 Å². The average molecular weight is 146 g/mol. The molecule has 3 atom stereocenters. The molecule has 0 bridgehead atoms. The van der Waals surface area contributed by atoms with Crippen molar-refractivity contribution < 1.29 is 14.9 Å². The molecule has 2 N–H and O–H groups in total. The quantitative estimate of drug-likeness (QED) is 0.557. The largest absolute Gasteiger partial charge is 0.393 e. The minimum atomic E-state index is -0.756. The monoisotopic (exact) mass is 146 g/mol. The molecule has 1 saturated heterocycles. The second-order valence-electron chi connectivity index (χ2n) is 2.75. The molecule has 1 heterocycles. The highest BCUT2D eigenvalue weighted by Crippen LogP contribution is 2.19. The van der Waals surface area contributed by atoms with Gasteiger partial charge >= 0.3 is 0 Å². The van der Waals surface area contributed by atoms with Gasteiger partial charge in [0.2, 0.25) is 0 Å². The normalized spacial score (nSPS) is 41.7. The van der Waals surface area contributed by atoms with Crippen molar-refractivity contribution in [3.8, 4) is 0 Å². The average Bonchev–Trinajstić information content (AvgIpc) is 1.85. The topological polar surface area (TPSA) is 49.7 Å². The molecule has 0 amide bonds. The van der Waals surface area contributed by atoms with E-state index in [1.165, 1.54) is 0 Å². The summed E-state index contributed by atoms with van der Waals surface area (Å²) in [5.74, 6) is 0. The minimum Gasteiger partial charge on any atom is -0.393 e. The molecule has 0 saturated carbocycles. The lowest BCUT2D eigenvalue weighted by Crippen LogP contribution is -2.34. The van der Waals surface area contributed by atoms with Crippen LogP contribution in [-0.2, 0) is 4.74 Å². The smallest absolute Gasteiger partial charge is 0.157 e. The molecule has 0 aromatic heterocycles. The highest BCUT2D eigenvalue weighted by molar-refractivity contribution is 4.70. The van der Waals surface area contributed by atoms with Gasteiger partial charge in [0, 0.05) is 6.42 Å². The lowest BCUT2D eigenvalue weighted by Gasteiger charge is -2.29. The van der Waals surface area contributed by atoms with Crippen molar-refractivity contribution in [2.75, 3.05) is 0 Å². The maximum absolute atomic E-state index is 9.14. The van der Waals surface area contributed by atoms with Crippen LogP contribution in [0.25, 0.3) is 0 Å². The summed E-state index contributed by atoms with van der Waals surface area (Å²) in [6.45, 7) is 1.98. The van der Waals surface area contributed by atoms with Gasteiger partial charge in [-0.25, -0.2) is 0 Å². The Labute approximate surface area is 60.6 Å². The second kappa shape index (κ2) is 3.32. The van der Waals surface area contributed by atoms with Crippen LogP contribution in [0, 0.1) is 0 Å². The molecule has 3 heteroatoms. The highest BCUT2D eigenvalue weighted by Gasteiger charge is 2.25.